The van der Waals surface area contributed by atoms with E-state index < -0.39 is 24.6 Å². The first-order chi connectivity index (χ1) is 7.65. The zero-order valence-corrected chi connectivity index (χ0v) is 9.54. The van der Waals surface area contributed by atoms with Gasteiger partial charge in [-0.2, -0.15) is 0 Å². The van der Waals surface area contributed by atoms with E-state index in [0.29, 0.717) is 26.4 Å². The van der Waals surface area contributed by atoms with Gasteiger partial charge in [0.25, 0.3) is 0 Å². The van der Waals surface area contributed by atoms with Crippen LogP contribution in [0.2, 0.25) is 0 Å². The van der Waals surface area contributed by atoms with Gasteiger partial charge in [-0.25, -0.2) is 0 Å². The quantitative estimate of drug-likeness (QED) is 0.502. The molecular weight excluding hydrogens is 214 g/mol. The molecule has 0 amide bonds. The molecule has 1 saturated heterocycles. The summed E-state index contributed by atoms with van der Waals surface area (Å²) in [5.74, 6) is 0. The van der Waals surface area contributed by atoms with Gasteiger partial charge in [0.05, 0.1) is 32.0 Å². The normalized spacial score (nSPS) is 35.2. The van der Waals surface area contributed by atoms with Gasteiger partial charge in [0.2, 0.25) is 0 Å². The Labute approximate surface area is 95.3 Å². The Bertz CT molecular complexity index is 180. The summed E-state index contributed by atoms with van der Waals surface area (Å²) in [5, 5.41) is 18.9. The Morgan fingerprint density at radius 1 is 1.31 bits per heavy atom. The molecule has 6 nitrogen and oxygen atoms in total. The van der Waals surface area contributed by atoms with Crippen LogP contribution in [-0.2, 0) is 14.2 Å². The minimum Gasteiger partial charge on any atom is -0.390 e. The fourth-order valence-electron chi connectivity index (χ4n) is 1.56. The molecular formula is C10H21NO5. The second kappa shape index (κ2) is 7.16. The Balaban J connectivity index is 2.13. The molecule has 0 aromatic carbocycles. The van der Waals surface area contributed by atoms with Gasteiger partial charge in [-0.15, -0.1) is 0 Å². The molecule has 0 spiro atoms. The largest absolute Gasteiger partial charge is 0.390 e. The van der Waals surface area contributed by atoms with Crippen LogP contribution in [0.4, 0.5) is 0 Å². The summed E-state index contributed by atoms with van der Waals surface area (Å²) in [4.78, 5) is 0. The zero-order valence-electron chi connectivity index (χ0n) is 9.54. The van der Waals surface area contributed by atoms with E-state index in [2.05, 4.69) is 0 Å². The molecule has 0 unspecified atom stereocenters. The molecule has 1 rings (SSSR count). The van der Waals surface area contributed by atoms with Gasteiger partial charge in [-0.1, -0.05) is 0 Å². The van der Waals surface area contributed by atoms with E-state index in [1.165, 1.54) is 0 Å². The predicted molar refractivity (Wildman–Crippen MR) is 56.8 cm³/mol. The predicted octanol–water partition coefficient (Wildman–Crippen LogP) is -1.16. The van der Waals surface area contributed by atoms with Crippen LogP contribution < -0.4 is 5.73 Å². The number of aliphatic hydroxyl groups excluding tert-OH is 2. The van der Waals surface area contributed by atoms with Crippen molar-refractivity contribution < 1.29 is 24.4 Å². The summed E-state index contributed by atoms with van der Waals surface area (Å²) in [7, 11) is 0. The van der Waals surface area contributed by atoms with E-state index in [-0.39, 0.29) is 6.42 Å². The van der Waals surface area contributed by atoms with Crippen molar-refractivity contribution in [1.82, 2.24) is 0 Å². The van der Waals surface area contributed by atoms with Crippen LogP contribution in [0.5, 0.6) is 0 Å². The second-order valence-corrected chi connectivity index (χ2v) is 3.84. The number of nitrogens with two attached hydrogens (primary N) is 1. The summed E-state index contributed by atoms with van der Waals surface area (Å²) in [6.07, 6.45) is -2.25. The molecule has 1 heterocycles. The Morgan fingerprint density at radius 2 is 2.06 bits per heavy atom. The van der Waals surface area contributed by atoms with Crippen LogP contribution in [0, 0.1) is 0 Å². The maximum Gasteiger partial charge on any atom is 0.160 e. The third kappa shape index (κ3) is 4.32. The Kier molecular flexibility index (Phi) is 6.18. The van der Waals surface area contributed by atoms with Gasteiger partial charge < -0.3 is 30.2 Å². The van der Waals surface area contributed by atoms with E-state index in [9.17, 15) is 10.2 Å². The summed E-state index contributed by atoms with van der Waals surface area (Å²) < 4.78 is 15.9. The number of aliphatic hydroxyl groups is 2. The fourth-order valence-corrected chi connectivity index (χ4v) is 1.56. The number of hydrogen-bond donors (Lipinski definition) is 3. The van der Waals surface area contributed by atoms with Gasteiger partial charge in [0.15, 0.2) is 6.29 Å². The first-order valence-electron chi connectivity index (χ1n) is 5.56. The standard InChI is InChI=1S/C10H21NO5/c1-7-10(13)8(12)6-9(16-7)15-5-4-14-3-2-11/h7-10,12-13H,2-6,11H2,1H3/t7-,8-,9+,10-/m0/s1. The first-order valence-corrected chi connectivity index (χ1v) is 5.56. The molecule has 1 aliphatic rings. The molecule has 96 valence electrons. The van der Waals surface area contributed by atoms with Gasteiger partial charge in [-0.05, 0) is 6.92 Å². The van der Waals surface area contributed by atoms with Crippen molar-refractivity contribution in [1.29, 1.82) is 0 Å². The molecule has 0 bridgehead atoms. The van der Waals surface area contributed by atoms with Crippen LogP contribution in [0.25, 0.3) is 0 Å². The van der Waals surface area contributed by atoms with Crippen molar-refractivity contribution in [3.05, 3.63) is 0 Å². The topological polar surface area (TPSA) is 94.2 Å². The van der Waals surface area contributed by atoms with Crippen LogP contribution in [0.15, 0.2) is 0 Å². The lowest BCUT2D eigenvalue weighted by molar-refractivity contribution is -0.248. The summed E-state index contributed by atoms with van der Waals surface area (Å²) in [5.41, 5.74) is 5.25. The molecule has 16 heavy (non-hydrogen) atoms. The molecule has 1 fully saturated rings. The average molecular weight is 235 g/mol. The average Bonchev–Trinajstić information content (AvgIpc) is 2.25. The highest BCUT2D eigenvalue weighted by molar-refractivity contribution is 4.79. The van der Waals surface area contributed by atoms with E-state index >= 15 is 0 Å². The maximum absolute atomic E-state index is 9.50. The van der Waals surface area contributed by atoms with Crippen molar-refractivity contribution in [2.45, 2.75) is 37.9 Å². The third-order valence-corrected chi connectivity index (χ3v) is 2.47. The molecule has 0 aliphatic carbocycles. The zero-order chi connectivity index (χ0) is 12.0. The van der Waals surface area contributed by atoms with Crippen molar-refractivity contribution in [2.24, 2.45) is 5.73 Å². The van der Waals surface area contributed by atoms with E-state index in [1.807, 2.05) is 0 Å². The van der Waals surface area contributed by atoms with Crippen molar-refractivity contribution in [2.75, 3.05) is 26.4 Å². The minimum atomic E-state index is -0.839. The van der Waals surface area contributed by atoms with E-state index in [1.54, 1.807) is 6.92 Å². The second-order valence-electron chi connectivity index (χ2n) is 3.84. The molecule has 0 radical (unpaired) electrons. The smallest absolute Gasteiger partial charge is 0.160 e. The lowest BCUT2D eigenvalue weighted by Crippen LogP contribution is -2.47. The summed E-state index contributed by atoms with van der Waals surface area (Å²) >= 11 is 0. The molecule has 0 aromatic heterocycles. The van der Waals surface area contributed by atoms with Gasteiger partial charge >= 0.3 is 0 Å². The van der Waals surface area contributed by atoms with Crippen molar-refractivity contribution in [3.8, 4) is 0 Å². The lowest BCUT2D eigenvalue weighted by Gasteiger charge is -2.35. The number of hydrogen-bond acceptors (Lipinski definition) is 6. The van der Waals surface area contributed by atoms with E-state index in [4.69, 9.17) is 19.9 Å². The fraction of sp³-hybridized carbons (Fsp3) is 1.00. The monoisotopic (exact) mass is 235 g/mol. The Hall–Kier alpha value is -0.240. The van der Waals surface area contributed by atoms with Gasteiger partial charge in [-0.3, -0.25) is 0 Å². The highest BCUT2D eigenvalue weighted by atomic mass is 16.7. The van der Waals surface area contributed by atoms with Crippen molar-refractivity contribution in [3.63, 3.8) is 0 Å². The van der Waals surface area contributed by atoms with Gasteiger partial charge in [0, 0.05) is 13.0 Å². The van der Waals surface area contributed by atoms with Gasteiger partial charge in [0.1, 0.15) is 6.10 Å². The molecule has 4 N–H and O–H groups in total. The highest BCUT2D eigenvalue weighted by Gasteiger charge is 2.34. The van der Waals surface area contributed by atoms with Crippen molar-refractivity contribution >= 4 is 0 Å². The first kappa shape index (κ1) is 13.8. The molecule has 4 atom stereocenters. The SMILES string of the molecule is C[C@@H]1O[C@@H](OCCOCCN)C[C@H](O)[C@H]1O. The Morgan fingerprint density at radius 3 is 2.69 bits per heavy atom. The van der Waals surface area contributed by atoms with Crippen LogP contribution in [0.3, 0.4) is 0 Å². The maximum atomic E-state index is 9.50. The highest BCUT2D eigenvalue weighted by Crippen LogP contribution is 2.20. The van der Waals surface area contributed by atoms with Crippen LogP contribution in [-0.4, -0.2) is 61.2 Å². The lowest BCUT2D eigenvalue weighted by atomic mass is 10.0. The van der Waals surface area contributed by atoms with Crippen LogP contribution >= 0.6 is 0 Å². The minimum absolute atomic E-state index is 0.280. The number of rotatable bonds is 6. The molecule has 6 heteroatoms. The number of ether oxygens (including phenoxy) is 3. The van der Waals surface area contributed by atoms with Crippen LogP contribution in [0.1, 0.15) is 13.3 Å². The third-order valence-electron chi connectivity index (χ3n) is 2.47. The molecule has 1 aliphatic heterocycles. The molecule has 0 aromatic rings. The summed E-state index contributed by atoms with van der Waals surface area (Å²) in [6.45, 7) is 3.53. The van der Waals surface area contributed by atoms with E-state index in [0.717, 1.165) is 0 Å². The molecule has 0 saturated carbocycles. The summed E-state index contributed by atoms with van der Waals surface area (Å²) in [6, 6.07) is 0.